The lowest BCUT2D eigenvalue weighted by atomic mass is 9.85. The Balaban J connectivity index is 1.38. The van der Waals surface area contributed by atoms with Crippen LogP contribution < -0.4 is 0 Å². The van der Waals surface area contributed by atoms with Crippen LogP contribution in [0.3, 0.4) is 0 Å². The fourth-order valence-electron chi connectivity index (χ4n) is 5.48. The van der Waals surface area contributed by atoms with E-state index in [-0.39, 0.29) is 11.7 Å². The maximum Gasteiger partial charge on any atom is 0.226 e. The zero-order chi connectivity index (χ0) is 20.9. The highest BCUT2D eigenvalue weighted by Gasteiger charge is 2.36. The first-order valence-corrected chi connectivity index (χ1v) is 12.0. The highest BCUT2D eigenvalue weighted by Crippen LogP contribution is 2.33. The number of hydrogen-bond acceptors (Lipinski definition) is 3. The monoisotopic (exact) mass is 436 g/mol. The molecule has 0 bridgehead atoms. The Morgan fingerprint density at radius 1 is 1.03 bits per heavy atom. The van der Waals surface area contributed by atoms with Crippen LogP contribution in [-0.2, 0) is 16.1 Å². The van der Waals surface area contributed by atoms with Gasteiger partial charge in [0.2, 0.25) is 5.91 Å². The Hall–Kier alpha value is -1.17. The van der Waals surface area contributed by atoms with Crippen LogP contribution in [0.15, 0.2) is 18.2 Å². The summed E-state index contributed by atoms with van der Waals surface area (Å²) in [6, 6.07) is 5.27. The molecule has 3 heterocycles. The Bertz CT molecular complexity index is 697. The zero-order valence-electron chi connectivity index (χ0n) is 17.8. The zero-order valence-corrected chi connectivity index (χ0v) is 18.6. The van der Waals surface area contributed by atoms with Gasteiger partial charge in [0.1, 0.15) is 5.82 Å². The van der Waals surface area contributed by atoms with Gasteiger partial charge < -0.3 is 9.64 Å². The van der Waals surface area contributed by atoms with Gasteiger partial charge in [-0.15, -0.1) is 0 Å². The van der Waals surface area contributed by atoms with Crippen molar-refractivity contribution in [1.82, 2.24) is 9.80 Å². The number of hydrogen-bond donors (Lipinski definition) is 0. The molecule has 4 rings (SSSR count). The van der Waals surface area contributed by atoms with Gasteiger partial charge in [-0.3, -0.25) is 9.69 Å². The number of carbonyl (C=O) groups is 1. The standard InChI is InChI=1S/C24H34ClFN2O2/c25-21-5-4-6-22(26)20(21)17-27-13-8-18(9-14-27)23-7-2-1-3-12-28(23)24(29)19-10-15-30-16-11-19/h4-6,18-19,23H,1-3,7-17H2. The van der Waals surface area contributed by atoms with E-state index < -0.39 is 0 Å². The molecule has 0 saturated carbocycles. The number of nitrogens with zero attached hydrogens (tertiary/aromatic N) is 2. The lowest BCUT2D eigenvalue weighted by Gasteiger charge is -2.42. The van der Waals surface area contributed by atoms with Crippen molar-refractivity contribution in [3.05, 3.63) is 34.6 Å². The van der Waals surface area contributed by atoms with E-state index in [0.29, 0.717) is 48.2 Å². The summed E-state index contributed by atoms with van der Waals surface area (Å²) in [7, 11) is 0. The highest BCUT2D eigenvalue weighted by molar-refractivity contribution is 6.31. The highest BCUT2D eigenvalue weighted by atomic mass is 35.5. The predicted octanol–water partition coefficient (Wildman–Crippen LogP) is 4.89. The SMILES string of the molecule is O=C(C1CCOCC1)N1CCCCCC1C1CCN(Cc2c(F)cccc2Cl)CC1. The second-order valence-electron chi connectivity index (χ2n) is 9.15. The molecule has 3 fully saturated rings. The van der Waals surface area contributed by atoms with Crippen LogP contribution in [0.4, 0.5) is 4.39 Å². The van der Waals surface area contributed by atoms with Crippen molar-refractivity contribution < 1.29 is 13.9 Å². The molecule has 1 aromatic carbocycles. The van der Waals surface area contributed by atoms with Gasteiger partial charge in [-0.2, -0.15) is 0 Å². The fraction of sp³-hybridized carbons (Fsp3) is 0.708. The molecule has 0 radical (unpaired) electrons. The second-order valence-corrected chi connectivity index (χ2v) is 9.56. The molecule has 3 aliphatic rings. The Labute approximate surface area is 184 Å². The molecule has 1 aromatic rings. The molecule has 1 unspecified atom stereocenters. The first kappa shape index (κ1) is 22.0. The molecule has 166 valence electrons. The van der Waals surface area contributed by atoms with E-state index in [0.717, 1.165) is 58.2 Å². The van der Waals surface area contributed by atoms with Crippen LogP contribution in [0, 0.1) is 17.7 Å². The number of rotatable bonds is 4. The van der Waals surface area contributed by atoms with Gasteiger partial charge in [0.25, 0.3) is 0 Å². The molecule has 1 amide bonds. The predicted molar refractivity (Wildman–Crippen MR) is 117 cm³/mol. The summed E-state index contributed by atoms with van der Waals surface area (Å²) in [5, 5.41) is 0.508. The van der Waals surface area contributed by atoms with E-state index in [4.69, 9.17) is 16.3 Å². The number of piperidine rings is 1. The van der Waals surface area contributed by atoms with Crippen LogP contribution in [0.5, 0.6) is 0 Å². The fourth-order valence-corrected chi connectivity index (χ4v) is 5.70. The molecule has 4 nitrogen and oxygen atoms in total. The Morgan fingerprint density at radius 3 is 2.53 bits per heavy atom. The number of benzene rings is 1. The third kappa shape index (κ3) is 5.17. The van der Waals surface area contributed by atoms with E-state index in [2.05, 4.69) is 9.80 Å². The minimum Gasteiger partial charge on any atom is -0.381 e. The van der Waals surface area contributed by atoms with Crippen molar-refractivity contribution in [1.29, 1.82) is 0 Å². The average molecular weight is 437 g/mol. The molecular weight excluding hydrogens is 403 g/mol. The minimum atomic E-state index is -0.221. The summed E-state index contributed by atoms with van der Waals surface area (Å²) >= 11 is 6.23. The molecule has 3 aliphatic heterocycles. The first-order valence-electron chi connectivity index (χ1n) is 11.7. The van der Waals surface area contributed by atoms with Crippen LogP contribution >= 0.6 is 11.6 Å². The van der Waals surface area contributed by atoms with E-state index in [1.54, 1.807) is 12.1 Å². The molecule has 0 aliphatic carbocycles. The topological polar surface area (TPSA) is 32.8 Å². The van der Waals surface area contributed by atoms with Gasteiger partial charge >= 0.3 is 0 Å². The summed E-state index contributed by atoms with van der Waals surface area (Å²) in [6.07, 6.45) is 8.54. The van der Waals surface area contributed by atoms with E-state index in [9.17, 15) is 9.18 Å². The molecule has 1 atom stereocenters. The van der Waals surface area contributed by atoms with Crippen molar-refractivity contribution in [3.8, 4) is 0 Å². The number of amides is 1. The minimum absolute atomic E-state index is 0.141. The maximum absolute atomic E-state index is 14.2. The lowest BCUT2D eigenvalue weighted by molar-refractivity contribution is -0.142. The maximum atomic E-state index is 14.2. The summed E-state index contributed by atoms with van der Waals surface area (Å²) < 4.78 is 19.6. The number of carbonyl (C=O) groups excluding carboxylic acids is 1. The van der Waals surface area contributed by atoms with Gasteiger partial charge in [0, 0.05) is 48.8 Å². The molecule has 30 heavy (non-hydrogen) atoms. The molecule has 0 aromatic heterocycles. The molecule has 0 spiro atoms. The number of halogens is 2. The number of ether oxygens (including phenoxy) is 1. The second kappa shape index (κ2) is 10.4. The van der Waals surface area contributed by atoms with Crippen LogP contribution in [-0.4, -0.2) is 54.6 Å². The van der Waals surface area contributed by atoms with Crippen molar-refractivity contribution in [2.45, 2.75) is 64.0 Å². The van der Waals surface area contributed by atoms with Crippen LogP contribution in [0.25, 0.3) is 0 Å². The van der Waals surface area contributed by atoms with Gasteiger partial charge in [-0.1, -0.05) is 30.5 Å². The largest absolute Gasteiger partial charge is 0.381 e. The third-order valence-corrected chi connectivity index (χ3v) is 7.63. The average Bonchev–Trinajstić information content (AvgIpc) is 3.03. The van der Waals surface area contributed by atoms with Crippen molar-refractivity contribution in [2.24, 2.45) is 11.8 Å². The Kier molecular flexibility index (Phi) is 7.66. The normalized spacial score (nSPS) is 25.3. The van der Waals surface area contributed by atoms with Crippen LogP contribution in [0.1, 0.15) is 56.9 Å². The molecule has 0 N–H and O–H groups in total. The smallest absolute Gasteiger partial charge is 0.226 e. The summed E-state index contributed by atoms with van der Waals surface area (Å²) in [5.41, 5.74) is 0.600. The van der Waals surface area contributed by atoms with Crippen molar-refractivity contribution in [2.75, 3.05) is 32.8 Å². The van der Waals surface area contributed by atoms with Crippen molar-refractivity contribution >= 4 is 17.5 Å². The van der Waals surface area contributed by atoms with Gasteiger partial charge in [0.05, 0.1) is 0 Å². The quantitative estimate of drug-likeness (QED) is 0.673. The molecular formula is C24H34ClFN2O2. The van der Waals surface area contributed by atoms with E-state index >= 15 is 0 Å². The summed E-state index contributed by atoms with van der Waals surface area (Å²) in [4.78, 5) is 17.9. The van der Waals surface area contributed by atoms with E-state index in [1.165, 1.54) is 18.9 Å². The summed E-state index contributed by atoms with van der Waals surface area (Å²) in [6.45, 7) is 4.77. The van der Waals surface area contributed by atoms with Crippen LogP contribution in [0.2, 0.25) is 5.02 Å². The van der Waals surface area contributed by atoms with Gasteiger partial charge in [-0.25, -0.2) is 4.39 Å². The van der Waals surface area contributed by atoms with E-state index in [1.807, 2.05) is 0 Å². The van der Waals surface area contributed by atoms with Gasteiger partial charge in [-0.05, 0) is 69.7 Å². The van der Waals surface area contributed by atoms with Crippen molar-refractivity contribution in [3.63, 3.8) is 0 Å². The summed E-state index contributed by atoms with van der Waals surface area (Å²) in [5.74, 6) is 0.828. The molecule has 6 heteroatoms. The van der Waals surface area contributed by atoms with Gasteiger partial charge in [0.15, 0.2) is 0 Å². The third-order valence-electron chi connectivity index (χ3n) is 7.27. The first-order chi connectivity index (χ1) is 14.6. The lowest BCUT2D eigenvalue weighted by Crippen LogP contribution is -2.50. The molecule has 3 saturated heterocycles. The number of likely N-dealkylation sites (tertiary alicyclic amines) is 2. The Morgan fingerprint density at radius 2 is 1.80 bits per heavy atom.